The van der Waals surface area contributed by atoms with Crippen molar-refractivity contribution in [2.75, 3.05) is 12.4 Å². The molecule has 1 aromatic heterocycles. The number of hydrogen-bond acceptors (Lipinski definition) is 4. The fourth-order valence-corrected chi connectivity index (χ4v) is 5.68. The number of halogens is 1. The van der Waals surface area contributed by atoms with E-state index in [2.05, 4.69) is 5.32 Å². The number of ether oxygens (including phenoxy) is 1. The van der Waals surface area contributed by atoms with Gasteiger partial charge in [0.2, 0.25) is 0 Å². The minimum atomic E-state index is -2.48. The van der Waals surface area contributed by atoms with Crippen molar-refractivity contribution >= 4 is 28.6 Å². The molecule has 1 fully saturated rings. The number of rotatable bonds is 8. The van der Waals surface area contributed by atoms with Crippen molar-refractivity contribution in [3.05, 3.63) is 95.3 Å². The molecule has 5 rings (SSSR count). The molecule has 2 atom stereocenters. The Kier molecular flexibility index (Phi) is 7.48. The third-order valence-electron chi connectivity index (χ3n) is 7.67. The average Bonchev–Trinajstić information content (AvgIpc) is 3.34. The van der Waals surface area contributed by atoms with Gasteiger partial charge in [0.05, 0.1) is 16.6 Å². The van der Waals surface area contributed by atoms with Crippen molar-refractivity contribution in [1.82, 2.24) is 9.55 Å². The highest BCUT2D eigenvalue weighted by Crippen LogP contribution is 2.44. The minimum absolute atomic E-state index is 0.0954. The van der Waals surface area contributed by atoms with Crippen LogP contribution in [0.25, 0.3) is 11.0 Å². The van der Waals surface area contributed by atoms with Crippen LogP contribution < -0.4 is 5.32 Å². The number of hydrogen-bond donors (Lipinski definition) is 2. The molecule has 202 valence electrons. The number of anilines is 1. The second kappa shape index (κ2) is 11.0. The summed E-state index contributed by atoms with van der Waals surface area (Å²) in [4.78, 5) is 30.4. The number of carbonyl (C=O) groups is 2. The van der Waals surface area contributed by atoms with Gasteiger partial charge in [0, 0.05) is 18.7 Å². The monoisotopic (exact) mass is 529 g/mol. The van der Waals surface area contributed by atoms with Gasteiger partial charge in [-0.1, -0.05) is 61.7 Å². The predicted octanol–water partition coefficient (Wildman–Crippen LogP) is 6.62. The molecule has 1 heterocycles. The molecule has 0 unspecified atom stereocenters. The van der Waals surface area contributed by atoms with Crippen LogP contribution in [0.15, 0.2) is 72.8 Å². The number of aromatic nitrogens is 2. The van der Waals surface area contributed by atoms with Gasteiger partial charge < -0.3 is 15.2 Å². The Morgan fingerprint density at radius 3 is 2.41 bits per heavy atom. The number of amides is 1. The Morgan fingerprint density at radius 1 is 1.05 bits per heavy atom. The molecule has 4 aromatic rings. The first-order chi connectivity index (χ1) is 18.8. The second-order valence-electron chi connectivity index (χ2n) is 10.1. The SMILES string of the molecule is CO[C@@H](c1ccccc1)c1nc2ccccc2n1[C@@](F)(C(=O)Nc1ccc(C(=O)O)cc1C)C1CCCCC1. The van der Waals surface area contributed by atoms with Crippen LogP contribution in [0.3, 0.4) is 0 Å². The number of carboxylic acids is 1. The molecule has 0 spiro atoms. The van der Waals surface area contributed by atoms with E-state index >= 15 is 4.39 Å². The van der Waals surface area contributed by atoms with Crippen LogP contribution in [0, 0.1) is 12.8 Å². The predicted molar refractivity (Wildman–Crippen MR) is 147 cm³/mol. The molecule has 0 saturated heterocycles. The summed E-state index contributed by atoms with van der Waals surface area (Å²) in [6.07, 6.45) is 3.04. The van der Waals surface area contributed by atoms with Crippen molar-refractivity contribution in [2.24, 2.45) is 5.92 Å². The lowest BCUT2D eigenvalue weighted by molar-refractivity contribution is -0.142. The molecule has 7 nitrogen and oxygen atoms in total. The number of carboxylic acid groups (broad SMARTS) is 1. The van der Waals surface area contributed by atoms with Crippen molar-refractivity contribution in [3.8, 4) is 0 Å². The standard InChI is InChI=1S/C31H32FN3O4/c1-20-19-22(29(36)37)17-18-24(20)34-30(38)31(32,23-13-7-4-8-14-23)35-26-16-10-9-15-25(26)33-28(35)27(39-2)21-11-5-3-6-12-21/h3,5-6,9-12,15-19,23,27H,4,7-8,13-14H2,1-2H3,(H,34,38)(H,36,37)/t27-,31+/m0/s1. The van der Waals surface area contributed by atoms with E-state index in [1.807, 2.05) is 42.5 Å². The molecule has 39 heavy (non-hydrogen) atoms. The summed E-state index contributed by atoms with van der Waals surface area (Å²) in [6, 6.07) is 21.1. The van der Waals surface area contributed by atoms with Crippen LogP contribution >= 0.6 is 0 Å². The van der Waals surface area contributed by atoms with Crippen molar-refractivity contribution in [2.45, 2.75) is 50.9 Å². The van der Waals surface area contributed by atoms with Crippen LogP contribution in [0.2, 0.25) is 0 Å². The summed E-state index contributed by atoms with van der Waals surface area (Å²) in [5.74, 6) is -4.64. The number of methoxy groups -OCH3 is 1. The van der Waals surface area contributed by atoms with E-state index in [-0.39, 0.29) is 5.56 Å². The minimum Gasteiger partial charge on any atom is -0.478 e. The summed E-state index contributed by atoms with van der Waals surface area (Å²) in [7, 11) is 1.55. The van der Waals surface area contributed by atoms with E-state index in [4.69, 9.17) is 9.72 Å². The number of aromatic carboxylic acids is 1. The molecule has 0 radical (unpaired) electrons. The van der Waals surface area contributed by atoms with Gasteiger partial charge in [-0.05, 0) is 61.2 Å². The Hall–Kier alpha value is -4.04. The third kappa shape index (κ3) is 4.92. The topological polar surface area (TPSA) is 93.5 Å². The van der Waals surface area contributed by atoms with Crippen LogP contribution in [0.1, 0.15) is 65.5 Å². The fraction of sp³-hybridized carbons (Fsp3) is 0.323. The van der Waals surface area contributed by atoms with Gasteiger partial charge in [0.25, 0.3) is 11.7 Å². The molecule has 1 amide bonds. The maximum Gasteiger partial charge on any atom is 0.335 e. The lowest BCUT2D eigenvalue weighted by Gasteiger charge is -2.38. The van der Waals surface area contributed by atoms with Gasteiger partial charge >= 0.3 is 5.97 Å². The van der Waals surface area contributed by atoms with Crippen LogP contribution in [0.5, 0.6) is 0 Å². The number of nitrogens with zero attached hydrogens (tertiary/aromatic N) is 2. The Morgan fingerprint density at radius 2 is 1.74 bits per heavy atom. The molecule has 2 N–H and O–H groups in total. The van der Waals surface area contributed by atoms with Crippen molar-refractivity contribution in [1.29, 1.82) is 0 Å². The molecule has 0 aliphatic heterocycles. The van der Waals surface area contributed by atoms with Gasteiger partial charge in [0.15, 0.2) is 0 Å². The quantitative estimate of drug-likeness (QED) is 0.268. The smallest absolute Gasteiger partial charge is 0.335 e. The lowest BCUT2D eigenvalue weighted by atomic mass is 9.81. The summed E-state index contributed by atoms with van der Waals surface area (Å²) in [5.41, 5.74) is 2.86. The highest BCUT2D eigenvalue weighted by molar-refractivity contribution is 5.98. The summed E-state index contributed by atoms with van der Waals surface area (Å²) in [6.45, 7) is 1.69. The zero-order valence-electron chi connectivity index (χ0n) is 22.1. The maximum atomic E-state index is 18.0. The largest absolute Gasteiger partial charge is 0.478 e. The molecule has 1 aliphatic carbocycles. The summed E-state index contributed by atoms with van der Waals surface area (Å²) < 4.78 is 25.4. The number of fused-ring (bicyclic) bond motifs is 1. The number of benzene rings is 3. The number of imidazole rings is 1. The van der Waals surface area contributed by atoms with Gasteiger partial charge in [0.1, 0.15) is 11.9 Å². The van der Waals surface area contributed by atoms with Gasteiger partial charge in [-0.15, -0.1) is 0 Å². The first-order valence-corrected chi connectivity index (χ1v) is 13.2. The van der Waals surface area contributed by atoms with E-state index in [9.17, 15) is 14.7 Å². The average molecular weight is 530 g/mol. The van der Waals surface area contributed by atoms with Crippen LogP contribution in [-0.4, -0.2) is 33.6 Å². The highest BCUT2D eigenvalue weighted by atomic mass is 19.1. The van der Waals surface area contributed by atoms with E-state index in [1.165, 1.54) is 22.8 Å². The first-order valence-electron chi connectivity index (χ1n) is 13.2. The third-order valence-corrected chi connectivity index (χ3v) is 7.67. The Labute approximate surface area is 226 Å². The zero-order chi connectivity index (χ0) is 27.6. The van der Waals surface area contributed by atoms with Crippen molar-refractivity contribution < 1.29 is 23.8 Å². The normalized spacial score (nSPS) is 16.5. The summed E-state index contributed by atoms with van der Waals surface area (Å²) in [5, 5.41) is 12.1. The molecule has 0 bridgehead atoms. The lowest BCUT2D eigenvalue weighted by Crippen LogP contribution is -2.49. The Bertz CT molecular complexity index is 1500. The van der Waals surface area contributed by atoms with Gasteiger partial charge in [-0.25, -0.2) is 14.2 Å². The maximum absolute atomic E-state index is 18.0. The van der Waals surface area contributed by atoms with Gasteiger partial charge in [-0.2, -0.15) is 0 Å². The second-order valence-corrected chi connectivity index (χ2v) is 10.1. The highest BCUT2D eigenvalue weighted by Gasteiger charge is 2.51. The molecule has 3 aromatic carbocycles. The van der Waals surface area contributed by atoms with E-state index in [1.54, 1.807) is 26.2 Å². The van der Waals surface area contributed by atoms with E-state index in [0.29, 0.717) is 41.0 Å². The Balaban J connectivity index is 1.68. The van der Waals surface area contributed by atoms with Crippen molar-refractivity contribution in [3.63, 3.8) is 0 Å². The molecule has 1 saturated carbocycles. The molecular weight excluding hydrogens is 497 g/mol. The molecule has 1 aliphatic rings. The van der Waals surface area contributed by atoms with Crippen LogP contribution in [-0.2, 0) is 15.3 Å². The number of carbonyl (C=O) groups excluding carboxylic acids is 1. The number of nitrogens with one attached hydrogen (secondary N) is 1. The number of alkyl halides is 1. The number of para-hydroxylation sites is 2. The van der Waals surface area contributed by atoms with Crippen LogP contribution in [0.4, 0.5) is 10.1 Å². The summed E-state index contributed by atoms with van der Waals surface area (Å²) >= 11 is 0. The fourth-order valence-electron chi connectivity index (χ4n) is 5.68. The van der Waals surface area contributed by atoms with E-state index in [0.717, 1.165) is 24.8 Å². The number of aryl methyl sites for hydroxylation is 1. The van der Waals surface area contributed by atoms with Gasteiger partial charge in [-0.3, -0.25) is 9.36 Å². The molecular formula is C31H32FN3O4. The zero-order valence-corrected chi connectivity index (χ0v) is 22.1. The molecule has 8 heteroatoms. The first kappa shape index (κ1) is 26.6. The van der Waals surface area contributed by atoms with E-state index < -0.39 is 29.7 Å².